The molecule has 2 N–H and O–H groups in total. The highest BCUT2D eigenvalue weighted by Gasteiger charge is 2.26. The third-order valence-corrected chi connectivity index (χ3v) is 4.84. The number of nitrogens with zero attached hydrogens (tertiary/aromatic N) is 2. The molecule has 0 spiro atoms. The molecular weight excluding hydrogens is 389 g/mol. The van der Waals surface area contributed by atoms with Gasteiger partial charge in [0, 0.05) is 26.2 Å². The number of halogens is 2. The highest BCUT2D eigenvalue weighted by Crippen LogP contribution is 2.20. The number of piperazine rings is 1. The molecule has 1 aromatic rings. The Labute approximate surface area is 168 Å². The molecule has 0 radical (unpaired) electrons. The van der Waals surface area contributed by atoms with Crippen LogP contribution in [0.1, 0.15) is 30.6 Å². The predicted molar refractivity (Wildman–Crippen MR) is 103 cm³/mol. The predicted octanol–water partition coefficient (Wildman–Crippen LogP) is 1.85. The van der Waals surface area contributed by atoms with Gasteiger partial charge in [0.1, 0.15) is 11.9 Å². The van der Waals surface area contributed by atoms with Crippen LogP contribution in [0.3, 0.4) is 0 Å². The number of nitrogens with one attached hydrogen (secondary N) is 1. The molecule has 0 aromatic heterocycles. The number of carboxylic acid groups (broad SMARTS) is 1. The summed E-state index contributed by atoms with van der Waals surface area (Å²) >= 11 is 5.95. The minimum absolute atomic E-state index is 0.0664. The quantitative estimate of drug-likeness (QED) is 0.712. The first-order chi connectivity index (χ1) is 13.2. The minimum atomic E-state index is -1.05. The average molecular weight is 414 g/mol. The molecule has 9 heteroatoms. The third-order valence-electron chi connectivity index (χ3n) is 4.53. The highest BCUT2D eigenvalue weighted by atomic mass is 35.5. The number of carbonyl (C=O) groups excluding carboxylic acids is 2. The SMILES string of the molecule is CC(C)C[C@@H](NC(=O)CN1CCN(C(=O)c2ccc(F)cc2Cl)CC1)C(=O)O. The van der Waals surface area contributed by atoms with Crippen LogP contribution in [-0.4, -0.2) is 71.5 Å². The van der Waals surface area contributed by atoms with E-state index in [2.05, 4.69) is 5.32 Å². The summed E-state index contributed by atoms with van der Waals surface area (Å²) in [5.41, 5.74) is 0.243. The van der Waals surface area contributed by atoms with Crippen molar-refractivity contribution < 1.29 is 23.9 Å². The van der Waals surface area contributed by atoms with Crippen LogP contribution < -0.4 is 5.32 Å². The number of amides is 2. The van der Waals surface area contributed by atoms with Gasteiger partial charge in [0.05, 0.1) is 17.1 Å². The summed E-state index contributed by atoms with van der Waals surface area (Å²) in [6.45, 7) is 5.60. The zero-order valence-electron chi connectivity index (χ0n) is 16.0. The Kier molecular flexibility index (Phi) is 7.77. The van der Waals surface area contributed by atoms with Crippen molar-refractivity contribution in [3.63, 3.8) is 0 Å². The first-order valence-corrected chi connectivity index (χ1v) is 9.54. The van der Waals surface area contributed by atoms with E-state index in [4.69, 9.17) is 11.6 Å². The van der Waals surface area contributed by atoms with E-state index in [-0.39, 0.29) is 34.9 Å². The van der Waals surface area contributed by atoms with Gasteiger partial charge < -0.3 is 15.3 Å². The van der Waals surface area contributed by atoms with Crippen LogP contribution in [-0.2, 0) is 9.59 Å². The summed E-state index contributed by atoms with van der Waals surface area (Å²) < 4.78 is 13.1. The lowest BCUT2D eigenvalue weighted by Crippen LogP contribution is -2.52. The fourth-order valence-electron chi connectivity index (χ4n) is 3.08. The van der Waals surface area contributed by atoms with Gasteiger partial charge in [-0.2, -0.15) is 0 Å². The van der Waals surface area contributed by atoms with Crippen LogP contribution in [0.4, 0.5) is 4.39 Å². The molecule has 2 rings (SSSR count). The average Bonchev–Trinajstić information content (AvgIpc) is 2.60. The van der Waals surface area contributed by atoms with Gasteiger partial charge in [-0.15, -0.1) is 0 Å². The monoisotopic (exact) mass is 413 g/mol. The van der Waals surface area contributed by atoms with E-state index in [0.29, 0.717) is 32.6 Å². The first kappa shape index (κ1) is 22.1. The van der Waals surface area contributed by atoms with Crippen LogP contribution in [0.15, 0.2) is 18.2 Å². The molecule has 1 fully saturated rings. The van der Waals surface area contributed by atoms with Crippen molar-refractivity contribution >= 4 is 29.4 Å². The van der Waals surface area contributed by atoms with Gasteiger partial charge >= 0.3 is 5.97 Å². The maximum Gasteiger partial charge on any atom is 0.326 e. The Morgan fingerprint density at radius 2 is 1.86 bits per heavy atom. The van der Waals surface area contributed by atoms with Crippen LogP contribution in [0.2, 0.25) is 5.02 Å². The van der Waals surface area contributed by atoms with Crippen molar-refractivity contribution in [2.45, 2.75) is 26.3 Å². The summed E-state index contributed by atoms with van der Waals surface area (Å²) in [6, 6.07) is 2.75. The van der Waals surface area contributed by atoms with Crippen LogP contribution in [0, 0.1) is 11.7 Å². The topological polar surface area (TPSA) is 90.0 Å². The lowest BCUT2D eigenvalue weighted by molar-refractivity contribution is -0.142. The zero-order chi connectivity index (χ0) is 20.8. The maximum atomic E-state index is 13.1. The molecule has 1 atom stereocenters. The van der Waals surface area contributed by atoms with E-state index < -0.39 is 17.8 Å². The maximum absolute atomic E-state index is 13.1. The molecule has 28 heavy (non-hydrogen) atoms. The molecule has 1 heterocycles. The Balaban J connectivity index is 1.85. The molecule has 1 aromatic carbocycles. The molecule has 7 nitrogen and oxygen atoms in total. The van der Waals surface area contributed by atoms with Crippen molar-refractivity contribution in [3.8, 4) is 0 Å². The first-order valence-electron chi connectivity index (χ1n) is 9.16. The number of carbonyl (C=O) groups is 3. The smallest absolute Gasteiger partial charge is 0.326 e. The second-order valence-corrected chi connectivity index (χ2v) is 7.69. The lowest BCUT2D eigenvalue weighted by Gasteiger charge is -2.34. The molecule has 0 saturated carbocycles. The number of hydrogen-bond acceptors (Lipinski definition) is 4. The highest BCUT2D eigenvalue weighted by molar-refractivity contribution is 6.33. The van der Waals surface area contributed by atoms with Crippen LogP contribution in [0.5, 0.6) is 0 Å². The summed E-state index contributed by atoms with van der Waals surface area (Å²) in [4.78, 5) is 39.4. The Morgan fingerprint density at radius 3 is 2.39 bits per heavy atom. The van der Waals surface area contributed by atoms with E-state index in [0.717, 1.165) is 6.07 Å². The fraction of sp³-hybridized carbons (Fsp3) is 0.526. The van der Waals surface area contributed by atoms with Gasteiger partial charge in [0.25, 0.3) is 5.91 Å². The fourth-order valence-corrected chi connectivity index (χ4v) is 3.33. The summed E-state index contributed by atoms with van der Waals surface area (Å²) in [5.74, 6) is -2.04. The molecule has 1 aliphatic heterocycles. The second-order valence-electron chi connectivity index (χ2n) is 7.28. The standard InChI is InChI=1S/C19H25ClFN3O4/c1-12(2)9-16(19(27)28)22-17(25)11-23-5-7-24(8-6-23)18(26)14-4-3-13(21)10-15(14)20/h3-4,10,12,16H,5-9,11H2,1-2H3,(H,22,25)(H,27,28)/t16-/m1/s1. The molecule has 0 unspecified atom stereocenters. The van der Waals surface area contributed by atoms with Crippen molar-refractivity contribution in [3.05, 3.63) is 34.6 Å². The molecule has 1 saturated heterocycles. The summed E-state index contributed by atoms with van der Waals surface area (Å²) in [7, 11) is 0. The zero-order valence-corrected chi connectivity index (χ0v) is 16.7. The van der Waals surface area contributed by atoms with Gasteiger partial charge in [0.15, 0.2) is 0 Å². The number of carboxylic acids is 1. The molecule has 2 amide bonds. The second kappa shape index (κ2) is 9.84. The molecule has 0 bridgehead atoms. The number of rotatable bonds is 7. The summed E-state index contributed by atoms with van der Waals surface area (Å²) in [5, 5.41) is 11.8. The molecule has 1 aliphatic rings. The number of benzene rings is 1. The van der Waals surface area contributed by atoms with Gasteiger partial charge in [-0.3, -0.25) is 14.5 Å². The van der Waals surface area contributed by atoms with Gasteiger partial charge in [-0.1, -0.05) is 25.4 Å². The normalized spacial score (nSPS) is 16.1. The van der Waals surface area contributed by atoms with Gasteiger partial charge in [-0.05, 0) is 30.5 Å². The van der Waals surface area contributed by atoms with Crippen molar-refractivity contribution in [2.24, 2.45) is 5.92 Å². The van der Waals surface area contributed by atoms with E-state index in [1.165, 1.54) is 12.1 Å². The molecular formula is C19H25ClFN3O4. The molecule has 154 valence electrons. The number of hydrogen-bond donors (Lipinski definition) is 2. The largest absolute Gasteiger partial charge is 0.480 e. The lowest BCUT2D eigenvalue weighted by atomic mass is 10.0. The van der Waals surface area contributed by atoms with Crippen molar-refractivity contribution in [2.75, 3.05) is 32.7 Å². The van der Waals surface area contributed by atoms with Crippen molar-refractivity contribution in [1.29, 1.82) is 0 Å². The number of aliphatic carboxylic acids is 1. The Bertz CT molecular complexity index is 736. The van der Waals surface area contributed by atoms with E-state index in [9.17, 15) is 23.9 Å². The Morgan fingerprint density at radius 1 is 1.21 bits per heavy atom. The van der Waals surface area contributed by atoms with Crippen molar-refractivity contribution in [1.82, 2.24) is 15.1 Å². The van der Waals surface area contributed by atoms with Gasteiger partial charge in [-0.25, -0.2) is 9.18 Å². The third kappa shape index (κ3) is 6.17. The van der Waals surface area contributed by atoms with Gasteiger partial charge in [0.2, 0.25) is 5.91 Å². The Hall–Kier alpha value is -2.19. The van der Waals surface area contributed by atoms with E-state index >= 15 is 0 Å². The van der Waals surface area contributed by atoms with E-state index in [1.807, 2.05) is 18.7 Å². The summed E-state index contributed by atoms with van der Waals surface area (Å²) in [6.07, 6.45) is 0.363. The van der Waals surface area contributed by atoms with E-state index in [1.54, 1.807) is 4.90 Å². The van der Waals surface area contributed by atoms with Crippen LogP contribution in [0.25, 0.3) is 0 Å². The molecule has 0 aliphatic carbocycles. The van der Waals surface area contributed by atoms with Crippen LogP contribution >= 0.6 is 11.6 Å². The minimum Gasteiger partial charge on any atom is -0.480 e.